The highest BCUT2D eigenvalue weighted by Gasteiger charge is 2.12. The summed E-state index contributed by atoms with van der Waals surface area (Å²) in [5.41, 5.74) is 2.42. The van der Waals surface area contributed by atoms with Crippen LogP contribution in [0, 0.1) is 6.92 Å². The molecule has 0 atom stereocenters. The van der Waals surface area contributed by atoms with Gasteiger partial charge in [0.05, 0.1) is 6.54 Å². The number of benzene rings is 1. The summed E-state index contributed by atoms with van der Waals surface area (Å²) in [5.74, 6) is 0.759. The lowest BCUT2D eigenvalue weighted by atomic mass is 10.1. The number of amides is 1. The third-order valence-corrected chi connectivity index (χ3v) is 4.36. The maximum Gasteiger partial charge on any atom is 0.239 e. The number of carbonyl (C=O) groups is 1. The molecule has 130 valence electrons. The molecular weight excluding hydrogens is 324 g/mol. The lowest BCUT2D eigenvalue weighted by molar-refractivity contribution is -0.119. The summed E-state index contributed by atoms with van der Waals surface area (Å²) in [4.78, 5) is 18.2. The molecule has 7 heteroatoms. The van der Waals surface area contributed by atoms with Crippen LogP contribution < -0.4 is 10.2 Å². The zero-order valence-corrected chi connectivity index (χ0v) is 15.2. The third-order valence-electron chi connectivity index (χ3n) is 3.49. The quantitative estimate of drug-likeness (QED) is 0.702. The number of likely N-dealkylation sites (N-methyl/N-ethyl adjacent to an activating group) is 1. The Kier molecular flexibility index (Phi) is 7.14. The number of rotatable bonds is 9. The van der Waals surface area contributed by atoms with Crippen LogP contribution >= 0.6 is 11.5 Å². The van der Waals surface area contributed by atoms with Gasteiger partial charge in [0, 0.05) is 45.3 Å². The Hall–Kier alpha value is -1.99. The molecule has 0 aliphatic carbocycles. The summed E-state index contributed by atoms with van der Waals surface area (Å²) in [6.07, 6.45) is 1.51. The molecule has 0 fully saturated rings. The molecule has 1 heterocycles. The minimum Gasteiger partial charge on any atom is -0.385 e. The Morgan fingerprint density at radius 1 is 1.33 bits per heavy atom. The second kappa shape index (κ2) is 9.34. The van der Waals surface area contributed by atoms with Crippen molar-refractivity contribution in [3.05, 3.63) is 41.2 Å². The molecule has 1 aromatic carbocycles. The Morgan fingerprint density at radius 2 is 2.08 bits per heavy atom. The van der Waals surface area contributed by atoms with Gasteiger partial charge in [-0.25, -0.2) is 4.98 Å². The number of nitrogens with one attached hydrogen (secondary N) is 1. The van der Waals surface area contributed by atoms with E-state index in [1.54, 1.807) is 7.11 Å². The van der Waals surface area contributed by atoms with Gasteiger partial charge in [-0.05, 0) is 18.9 Å². The predicted molar refractivity (Wildman–Crippen MR) is 96.7 cm³/mol. The van der Waals surface area contributed by atoms with Gasteiger partial charge in [0.25, 0.3) is 0 Å². The number of aryl methyl sites for hydroxylation is 1. The Labute approximate surface area is 147 Å². The van der Waals surface area contributed by atoms with E-state index in [4.69, 9.17) is 4.74 Å². The van der Waals surface area contributed by atoms with E-state index in [0.717, 1.165) is 17.4 Å². The summed E-state index contributed by atoms with van der Waals surface area (Å²) < 4.78 is 9.34. The third kappa shape index (κ3) is 5.90. The van der Waals surface area contributed by atoms with Crippen molar-refractivity contribution in [2.75, 3.05) is 38.8 Å². The lowest BCUT2D eigenvalue weighted by Gasteiger charge is -2.14. The van der Waals surface area contributed by atoms with E-state index in [2.05, 4.69) is 45.9 Å². The molecule has 0 spiro atoms. The van der Waals surface area contributed by atoms with Crippen LogP contribution in [-0.4, -0.2) is 49.1 Å². The van der Waals surface area contributed by atoms with E-state index in [1.807, 2.05) is 11.9 Å². The number of carbonyl (C=O) groups excluding carboxylic acids is 1. The minimum atomic E-state index is -0.0242. The highest BCUT2D eigenvalue weighted by atomic mass is 32.1. The molecule has 0 radical (unpaired) electrons. The molecule has 1 aromatic heterocycles. The van der Waals surface area contributed by atoms with E-state index in [-0.39, 0.29) is 12.5 Å². The van der Waals surface area contributed by atoms with Crippen molar-refractivity contribution in [2.45, 2.75) is 19.8 Å². The van der Waals surface area contributed by atoms with Gasteiger partial charge < -0.3 is 15.0 Å². The first-order valence-electron chi connectivity index (χ1n) is 7.93. The summed E-state index contributed by atoms with van der Waals surface area (Å²) in [6, 6.07) is 8.35. The maximum absolute atomic E-state index is 11.9. The smallest absolute Gasteiger partial charge is 0.239 e. The van der Waals surface area contributed by atoms with Crippen LogP contribution in [0.15, 0.2) is 24.3 Å². The van der Waals surface area contributed by atoms with Crippen molar-refractivity contribution in [3.63, 3.8) is 0 Å². The molecule has 6 nitrogen and oxygen atoms in total. The fraction of sp³-hybridized carbons (Fsp3) is 0.471. The van der Waals surface area contributed by atoms with Crippen LogP contribution in [0.2, 0.25) is 0 Å². The predicted octanol–water partition coefficient (Wildman–Crippen LogP) is 2.03. The van der Waals surface area contributed by atoms with Gasteiger partial charge in [-0.3, -0.25) is 4.79 Å². The summed E-state index contributed by atoms with van der Waals surface area (Å²) in [7, 11) is 3.50. The number of methoxy groups -OCH3 is 1. The Morgan fingerprint density at radius 3 is 2.79 bits per heavy atom. The molecule has 0 unspecified atom stereocenters. The normalized spacial score (nSPS) is 10.6. The molecular formula is C17H24N4O2S. The Bertz CT molecular complexity index is 642. The van der Waals surface area contributed by atoms with E-state index in [0.29, 0.717) is 19.6 Å². The molecule has 24 heavy (non-hydrogen) atoms. The standard InChI is InChI=1S/C17H24N4O2S/c1-13-5-7-14(8-6-13)11-15-19-17(24-20-15)21(2)12-16(22)18-9-4-10-23-3/h5-8H,4,9-12H2,1-3H3,(H,18,22). The first-order valence-corrected chi connectivity index (χ1v) is 8.70. The Balaban J connectivity index is 1.83. The van der Waals surface area contributed by atoms with Gasteiger partial charge in [0.1, 0.15) is 5.82 Å². The van der Waals surface area contributed by atoms with Gasteiger partial charge in [0.15, 0.2) is 0 Å². The fourth-order valence-corrected chi connectivity index (χ4v) is 2.79. The molecule has 0 saturated heterocycles. The lowest BCUT2D eigenvalue weighted by Crippen LogP contribution is -2.35. The largest absolute Gasteiger partial charge is 0.385 e. The second-order valence-electron chi connectivity index (χ2n) is 5.71. The van der Waals surface area contributed by atoms with Crippen molar-refractivity contribution in [3.8, 4) is 0 Å². The van der Waals surface area contributed by atoms with Crippen molar-refractivity contribution >= 4 is 22.6 Å². The molecule has 1 N–H and O–H groups in total. The molecule has 0 bridgehead atoms. The number of hydrogen-bond acceptors (Lipinski definition) is 6. The fourth-order valence-electron chi connectivity index (χ4n) is 2.14. The zero-order chi connectivity index (χ0) is 17.4. The van der Waals surface area contributed by atoms with Crippen LogP contribution in [0.4, 0.5) is 5.13 Å². The van der Waals surface area contributed by atoms with Crippen LogP contribution in [0.25, 0.3) is 0 Å². The van der Waals surface area contributed by atoms with E-state index in [9.17, 15) is 4.79 Å². The first kappa shape index (κ1) is 18.4. The second-order valence-corrected chi connectivity index (χ2v) is 6.44. The van der Waals surface area contributed by atoms with E-state index in [1.165, 1.54) is 22.7 Å². The minimum absolute atomic E-state index is 0.0242. The molecule has 1 amide bonds. The van der Waals surface area contributed by atoms with Crippen molar-refractivity contribution in [2.24, 2.45) is 0 Å². The summed E-state index contributed by atoms with van der Waals surface area (Å²) in [6.45, 7) is 3.61. The molecule has 0 saturated carbocycles. The van der Waals surface area contributed by atoms with Crippen LogP contribution in [-0.2, 0) is 16.0 Å². The highest BCUT2D eigenvalue weighted by molar-refractivity contribution is 7.09. The van der Waals surface area contributed by atoms with Gasteiger partial charge in [-0.2, -0.15) is 4.37 Å². The number of anilines is 1. The van der Waals surface area contributed by atoms with Crippen molar-refractivity contribution in [1.82, 2.24) is 14.7 Å². The van der Waals surface area contributed by atoms with Gasteiger partial charge in [-0.15, -0.1) is 0 Å². The molecule has 0 aliphatic rings. The molecule has 2 rings (SSSR count). The van der Waals surface area contributed by atoms with Gasteiger partial charge in [0.2, 0.25) is 11.0 Å². The number of hydrogen-bond donors (Lipinski definition) is 1. The van der Waals surface area contributed by atoms with E-state index < -0.39 is 0 Å². The van der Waals surface area contributed by atoms with Crippen molar-refractivity contribution < 1.29 is 9.53 Å². The first-order chi connectivity index (χ1) is 11.6. The monoisotopic (exact) mass is 348 g/mol. The van der Waals surface area contributed by atoms with Crippen LogP contribution in [0.1, 0.15) is 23.4 Å². The highest BCUT2D eigenvalue weighted by Crippen LogP contribution is 2.17. The average molecular weight is 348 g/mol. The van der Waals surface area contributed by atoms with Crippen LogP contribution in [0.3, 0.4) is 0 Å². The maximum atomic E-state index is 11.9. The molecule has 2 aromatic rings. The van der Waals surface area contributed by atoms with Crippen molar-refractivity contribution in [1.29, 1.82) is 0 Å². The molecule has 0 aliphatic heterocycles. The topological polar surface area (TPSA) is 67.3 Å². The average Bonchev–Trinajstić information content (AvgIpc) is 3.02. The number of nitrogens with zero attached hydrogens (tertiary/aromatic N) is 3. The zero-order valence-electron chi connectivity index (χ0n) is 14.4. The van der Waals surface area contributed by atoms with E-state index >= 15 is 0 Å². The van der Waals surface area contributed by atoms with Gasteiger partial charge >= 0.3 is 0 Å². The SMILES string of the molecule is COCCCNC(=O)CN(C)c1nc(Cc2ccc(C)cc2)ns1. The number of ether oxygens (including phenoxy) is 1. The van der Waals surface area contributed by atoms with Gasteiger partial charge in [-0.1, -0.05) is 29.8 Å². The number of aromatic nitrogens is 2. The summed E-state index contributed by atoms with van der Waals surface area (Å²) >= 11 is 1.32. The van der Waals surface area contributed by atoms with Crippen LogP contribution in [0.5, 0.6) is 0 Å². The summed E-state index contributed by atoms with van der Waals surface area (Å²) in [5, 5.41) is 3.62.